The van der Waals surface area contributed by atoms with Gasteiger partial charge in [0.05, 0.1) is 17.3 Å². The number of rotatable bonds is 6. The van der Waals surface area contributed by atoms with Crippen LogP contribution in [0.3, 0.4) is 0 Å². The van der Waals surface area contributed by atoms with Crippen LogP contribution in [0.1, 0.15) is 30.2 Å². The number of benzene rings is 1. The van der Waals surface area contributed by atoms with Crippen LogP contribution in [0.25, 0.3) is 0 Å². The highest BCUT2D eigenvalue weighted by Gasteiger charge is 2.25. The highest BCUT2D eigenvalue weighted by molar-refractivity contribution is 6.32. The van der Waals surface area contributed by atoms with Gasteiger partial charge in [0.25, 0.3) is 0 Å². The lowest BCUT2D eigenvalue weighted by molar-refractivity contribution is 0.171. The second kappa shape index (κ2) is 7.68. The number of hydrogen-bond donors (Lipinski definition) is 1. The van der Waals surface area contributed by atoms with E-state index >= 15 is 0 Å². The van der Waals surface area contributed by atoms with Crippen LogP contribution < -0.4 is 14.8 Å². The zero-order chi connectivity index (χ0) is 17.1. The van der Waals surface area contributed by atoms with Crippen molar-refractivity contribution < 1.29 is 13.9 Å². The maximum atomic E-state index is 6.32. The number of furan rings is 1. The molecule has 2 aliphatic rings. The molecule has 0 saturated carbocycles. The van der Waals surface area contributed by atoms with Gasteiger partial charge >= 0.3 is 0 Å². The van der Waals surface area contributed by atoms with Crippen molar-refractivity contribution in [1.82, 2.24) is 10.2 Å². The van der Waals surface area contributed by atoms with Gasteiger partial charge in [0.15, 0.2) is 11.5 Å². The molecule has 4 rings (SSSR count). The predicted molar refractivity (Wildman–Crippen MR) is 96.4 cm³/mol. The minimum absolute atomic E-state index is 0.269. The van der Waals surface area contributed by atoms with Gasteiger partial charge in [-0.25, -0.2) is 0 Å². The molecular formula is C19H23ClN2O3. The van der Waals surface area contributed by atoms with Gasteiger partial charge in [-0.3, -0.25) is 4.90 Å². The zero-order valence-electron chi connectivity index (χ0n) is 14.2. The molecule has 0 aliphatic carbocycles. The van der Waals surface area contributed by atoms with E-state index in [-0.39, 0.29) is 6.04 Å². The largest absolute Gasteiger partial charge is 0.486 e. The van der Waals surface area contributed by atoms with E-state index < -0.39 is 0 Å². The third kappa shape index (κ3) is 3.78. The number of hydrogen-bond acceptors (Lipinski definition) is 5. The van der Waals surface area contributed by atoms with E-state index in [4.69, 9.17) is 25.5 Å². The Morgan fingerprint density at radius 2 is 2.00 bits per heavy atom. The molecule has 0 bridgehead atoms. The second-order valence-corrected chi connectivity index (χ2v) is 6.91. The number of ether oxygens (including phenoxy) is 2. The number of halogens is 1. The first kappa shape index (κ1) is 16.8. The van der Waals surface area contributed by atoms with E-state index in [2.05, 4.69) is 16.3 Å². The summed E-state index contributed by atoms with van der Waals surface area (Å²) in [5.41, 5.74) is 1.09. The Bertz CT molecular complexity index is 699. The van der Waals surface area contributed by atoms with Crippen LogP contribution in [0.5, 0.6) is 11.5 Å². The lowest BCUT2D eigenvalue weighted by atomic mass is 10.1. The quantitative estimate of drug-likeness (QED) is 0.850. The van der Waals surface area contributed by atoms with Crippen molar-refractivity contribution >= 4 is 11.6 Å². The molecule has 1 fully saturated rings. The van der Waals surface area contributed by atoms with Crippen molar-refractivity contribution in [2.75, 3.05) is 32.8 Å². The van der Waals surface area contributed by atoms with Crippen LogP contribution in [-0.4, -0.2) is 37.7 Å². The lowest BCUT2D eigenvalue weighted by Crippen LogP contribution is -2.33. The molecule has 6 heteroatoms. The van der Waals surface area contributed by atoms with E-state index in [0.717, 1.165) is 43.3 Å². The first-order valence-corrected chi connectivity index (χ1v) is 9.25. The van der Waals surface area contributed by atoms with E-state index in [1.165, 1.54) is 12.8 Å². The summed E-state index contributed by atoms with van der Waals surface area (Å²) in [6.07, 6.45) is 4.27. The Morgan fingerprint density at radius 3 is 2.80 bits per heavy atom. The molecule has 25 heavy (non-hydrogen) atoms. The summed E-state index contributed by atoms with van der Waals surface area (Å²) in [5.74, 6) is 2.41. The minimum Gasteiger partial charge on any atom is -0.486 e. The van der Waals surface area contributed by atoms with Crippen LogP contribution in [0.15, 0.2) is 34.9 Å². The second-order valence-electron chi connectivity index (χ2n) is 6.51. The maximum Gasteiger partial charge on any atom is 0.179 e. The van der Waals surface area contributed by atoms with Gasteiger partial charge in [-0.15, -0.1) is 0 Å². The Labute approximate surface area is 152 Å². The summed E-state index contributed by atoms with van der Waals surface area (Å²) in [7, 11) is 0. The Balaban J connectivity index is 1.41. The summed E-state index contributed by atoms with van der Waals surface area (Å²) in [4.78, 5) is 2.49. The van der Waals surface area contributed by atoms with Crippen molar-refractivity contribution in [2.24, 2.45) is 0 Å². The first-order valence-electron chi connectivity index (χ1n) is 8.87. The molecule has 1 unspecified atom stereocenters. The highest BCUT2D eigenvalue weighted by Crippen LogP contribution is 2.38. The van der Waals surface area contributed by atoms with Crippen LogP contribution >= 0.6 is 11.6 Å². The van der Waals surface area contributed by atoms with Gasteiger partial charge < -0.3 is 19.2 Å². The fourth-order valence-electron chi connectivity index (χ4n) is 3.56. The number of nitrogens with zero attached hydrogens (tertiary/aromatic N) is 1. The van der Waals surface area contributed by atoms with E-state index in [1.807, 2.05) is 18.2 Å². The van der Waals surface area contributed by atoms with Crippen LogP contribution in [-0.2, 0) is 6.54 Å². The molecule has 0 radical (unpaired) electrons. The molecule has 134 valence electrons. The molecule has 2 aliphatic heterocycles. The molecule has 5 nitrogen and oxygen atoms in total. The molecule has 0 spiro atoms. The molecule has 1 aromatic heterocycles. The van der Waals surface area contributed by atoms with Gasteiger partial charge in [0.2, 0.25) is 0 Å². The average Bonchev–Trinajstić information content (AvgIpc) is 3.33. The molecule has 1 atom stereocenters. The third-order valence-corrected chi connectivity index (χ3v) is 5.06. The van der Waals surface area contributed by atoms with Gasteiger partial charge in [0.1, 0.15) is 19.0 Å². The van der Waals surface area contributed by atoms with Gasteiger partial charge in [-0.2, -0.15) is 0 Å². The van der Waals surface area contributed by atoms with E-state index in [9.17, 15) is 0 Å². The summed E-state index contributed by atoms with van der Waals surface area (Å²) in [6.45, 7) is 4.92. The normalized spacial score (nSPS) is 18.4. The van der Waals surface area contributed by atoms with E-state index in [0.29, 0.717) is 24.0 Å². The number of likely N-dealkylation sites (tertiary alicyclic amines) is 1. The Kier molecular flexibility index (Phi) is 5.15. The number of fused-ring (bicyclic) bond motifs is 1. The fourth-order valence-corrected chi connectivity index (χ4v) is 3.85. The Hall–Kier alpha value is -1.69. The van der Waals surface area contributed by atoms with Gasteiger partial charge in [-0.05, 0) is 55.8 Å². The lowest BCUT2D eigenvalue weighted by Gasteiger charge is -2.26. The summed E-state index contributed by atoms with van der Waals surface area (Å²) in [6, 6.07) is 8.24. The molecule has 0 amide bonds. The smallest absolute Gasteiger partial charge is 0.179 e. The van der Waals surface area contributed by atoms with Crippen LogP contribution in [0, 0.1) is 0 Å². The molecule has 3 heterocycles. The van der Waals surface area contributed by atoms with Crippen LogP contribution in [0.2, 0.25) is 5.02 Å². The van der Waals surface area contributed by atoms with Crippen molar-refractivity contribution in [3.8, 4) is 11.5 Å². The summed E-state index contributed by atoms with van der Waals surface area (Å²) >= 11 is 6.32. The minimum atomic E-state index is 0.269. The van der Waals surface area contributed by atoms with Crippen molar-refractivity contribution in [3.63, 3.8) is 0 Å². The fraction of sp³-hybridized carbons (Fsp3) is 0.474. The molecular weight excluding hydrogens is 340 g/mol. The molecule has 1 aromatic carbocycles. The van der Waals surface area contributed by atoms with E-state index in [1.54, 1.807) is 6.26 Å². The summed E-state index contributed by atoms with van der Waals surface area (Å²) < 4.78 is 16.9. The zero-order valence-corrected chi connectivity index (χ0v) is 14.9. The predicted octanol–water partition coefficient (Wildman–Crippen LogP) is 3.63. The van der Waals surface area contributed by atoms with Crippen molar-refractivity contribution in [3.05, 3.63) is 46.9 Å². The van der Waals surface area contributed by atoms with Crippen LogP contribution in [0.4, 0.5) is 0 Å². The maximum absolute atomic E-state index is 6.32. The first-order chi connectivity index (χ1) is 12.3. The average molecular weight is 363 g/mol. The van der Waals surface area contributed by atoms with Crippen molar-refractivity contribution in [1.29, 1.82) is 0 Å². The van der Waals surface area contributed by atoms with Gasteiger partial charge in [-0.1, -0.05) is 11.6 Å². The third-order valence-electron chi connectivity index (χ3n) is 4.78. The number of nitrogens with one attached hydrogen (secondary N) is 1. The Morgan fingerprint density at radius 1 is 1.16 bits per heavy atom. The standard InChI is InChI=1S/C19H23ClN2O3/c20-15-10-14(11-18-19(15)25-9-8-24-18)12-21-13-16(17-4-3-7-23-17)22-5-1-2-6-22/h3-4,7,10-11,16,21H,1-2,5-6,8-9,12-13H2. The van der Waals surface area contributed by atoms with Gasteiger partial charge in [0, 0.05) is 13.1 Å². The SMILES string of the molecule is Clc1cc(CNCC(c2ccco2)N2CCCC2)cc2c1OCCO2. The topological polar surface area (TPSA) is 46.9 Å². The molecule has 2 aromatic rings. The molecule has 1 N–H and O–H groups in total. The molecule has 1 saturated heterocycles. The summed E-state index contributed by atoms with van der Waals surface area (Å²) in [5, 5.41) is 4.15. The monoisotopic (exact) mass is 362 g/mol. The highest BCUT2D eigenvalue weighted by atomic mass is 35.5. The van der Waals surface area contributed by atoms with Crippen molar-refractivity contribution in [2.45, 2.75) is 25.4 Å².